The van der Waals surface area contributed by atoms with Crippen LogP contribution in [0.3, 0.4) is 0 Å². The quantitative estimate of drug-likeness (QED) is 0.348. The summed E-state index contributed by atoms with van der Waals surface area (Å²) in [6.45, 7) is 12.4. The van der Waals surface area contributed by atoms with Gasteiger partial charge in [-0.05, 0) is 66.1 Å². The summed E-state index contributed by atoms with van der Waals surface area (Å²) < 4.78 is 14.1. The van der Waals surface area contributed by atoms with Gasteiger partial charge in [-0.25, -0.2) is 4.39 Å². The Balaban J connectivity index is 0.000000279. The summed E-state index contributed by atoms with van der Waals surface area (Å²) in [5.74, 6) is 0.647. The Morgan fingerprint density at radius 3 is 2.07 bits per heavy atom. The molecule has 5 N–H and O–H groups in total. The number of nitriles is 1. The van der Waals surface area contributed by atoms with Gasteiger partial charge < -0.3 is 30.6 Å². The molecule has 9 heteroatoms. The number of alkyl halides is 1. The van der Waals surface area contributed by atoms with Gasteiger partial charge in [0, 0.05) is 43.1 Å². The van der Waals surface area contributed by atoms with Crippen LogP contribution in [0.4, 0.5) is 10.1 Å². The van der Waals surface area contributed by atoms with Gasteiger partial charge in [-0.2, -0.15) is 5.26 Å². The molecule has 0 radical (unpaired) electrons. The van der Waals surface area contributed by atoms with Crippen LogP contribution < -0.4 is 16.2 Å². The fraction of sp³-hybridized carbons (Fsp3) is 0.469. The number of aliphatic hydroxyl groups excluding tert-OH is 1. The number of aromatic hydroxyl groups is 1. The zero-order chi connectivity index (χ0) is 31.0. The van der Waals surface area contributed by atoms with Crippen molar-refractivity contribution in [1.82, 2.24) is 4.98 Å². The molecule has 8 nitrogen and oxygen atoms in total. The van der Waals surface area contributed by atoms with E-state index in [0.717, 1.165) is 0 Å². The van der Waals surface area contributed by atoms with Crippen LogP contribution in [0.25, 0.3) is 10.9 Å². The zero-order valence-corrected chi connectivity index (χ0v) is 24.7. The molecule has 5 rings (SSSR count). The number of carbonyl (C=O) groups excluding carboxylic acids is 1. The van der Waals surface area contributed by atoms with Crippen molar-refractivity contribution in [3.63, 3.8) is 0 Å². The van der Waals surface area contributed by atoms with E-state index in [1.807, 2.05) is 12.9 Å². The predicted octanol–water partition coefficient (Wildman–Crippen LogP) is 5.02. The SMILES string of the molecule is C=O.CC1(C)CC(C)(C)C1c1ccc(N2CCC(F)(CO)CC2)cc1.CN.N#Cc1ccc(O)c2ccc(=O)[nH]c12. The highest BCUT2D eigenvalue weighted by atomic mass is 19.1. The molecule has 0 bridgehead atoms. The van der Waals surface area contributed by atoms with Gasteiger partial charge in [-0.1, -0.05) is 39.8 Å². The van der Waals surface area contributed by atoms with Gasteiger partial charge in [0.1, 0.15) is 24.3 Å². The molecule has 3 aromatic rings. The highest BCUT2D eigenvalue weighted by molar-refractivity contribution is 5.89. The zero-order valence-electron chi connectivity index (χ0n) is 24.7. The van der Waals surface area contributed by atoms with Gasteiger partial charge in [-0.15, -0.1) is 0 Å². The van der Waals surface area contributed by atoms with E-state index < -0.39 is 5.67 Å². The number of aromatic amines is 1. The first-order valence-corrected chi connectivity index (χ1v) is 13.7. The van der Waals surface area contributed by atoms with Crippen LogP contribution in [0.5, 0.6) is 5.75 Å². The molecule has 41 heavy (non-hydrogen) atoms. The lowest BCUT2D eigenvalue weighted by Gasteiger charge is -2.58. The van der Waals surface area contributed by atoms with Crippen LogP contribution in [-0.2, 0) is 4.79 Å². The number of hydrogen-bond acceptors (Lipinski definition) is 7. The third-order valence-corrected chi connectivity index (χ3v) is 8.00. The summed E-state index contributed by atoms with van der Waals surface area (Å²) in [4.78, 5) is 23.8. The van der Waals surface area contributed by atoms with Gasteiger partial charge in [0.15, 0.2) is 0 Å². The number of hydrogen-bond donors (Lipinski definition) is 4. The van der Waals surface area contributed by atoms with Crippen molar-refractivity contribution in [2.75, 3.05) is 31.6 Å². The second-order valence-electron chi connectivity index (χ2n) is 11.8. The molecular formula is C32H43FN4O4. The van der Waals surface area contributed by atoms with Gasteiger partial charge in [0.05, 0.1) is 17.7 Å². The van der Waals surface area contributed by atoms with Crippen LogP contribution in [0.1, 0.15) is 64.0 Å². The molecule has 1 aromatic heterocycles. The van der Waals surface area contributed by atoms with Crippen LogP contribution in [0.2, 0.25) is 0 Å². The summed E-state index contributed by atoms with van der Waals surface area (Å²) in [6, 6.07) is 16.5. The molecule has 0 atom stereocenters. The molecule has 0 unspecified atom stereocenters. The third-order valence-electron chi connectivity index (χ3n) is 8.00. The van der Waals surface area contributed by atoms with Crippen molar-refractivity contribution in [1.29, 1.82) is 5.26 Å². The first-order valence-electron chi connectivity index (χ1n) is 13.7. The minimum Gasteiger partial charge on any atom is -0.507 e. The molecule has 2 aliphatic rings. The topological polar surface area (TPSA) is 143 Å². The number of rotatable bonds is 3. The normalized spacial score (nSPS) is 18.2. The first-order chi connectivity index (χ1) is 19.4. The maximum Gasteiger partial charge on any atom is 0.248 e. The summed E-state index contributed by atoms with van der Waals surface area (Å²) >= 11 is 0. The Morgan fingerprint density at radius 1 is 1.02 bits per heavy atom. The van der Waals surface area contributed by atoms with Crippen LogP contribution in [0.15, 0.2) is 53.3 Å². The number of carbonyl (C=O) groups is 1. The summed E-state index contributed by atoms with van der Waals surface area (Å²) in [5, 5.41) is 27.8. The average molecular weight is 567 g/mol. The van der Waals surface area contributed by atoms with Gasteiger partial charge >= 0.3 is 0 Å². The van der Waals surface area contributed by atoms with E-state index in [0.29, 0.717) is 59.1 Å². The number of fused-ring (bicyclic) bond motifs is 1. The maximum atomic E-state index is 14.1. The minimum atomic E-state index is -1.38. The number of nitrogens with two attached hydrogens (primary N) is 1. The molecule has 2 aromatic carbocycles. The molecule has 1 saturated heterocycles. The summed E-state index contributed by atoms with van der Waals surface area (Å²) in [6.07, 6.45) is 2.08. The number of aliphatic hydroxyl groups is 1. The highest BCUT2D eigenvalue weighted by Crippen LogP contribution is 2.63. The van der Waals surface area contributed by atoms with Crippen molar-refractivity contribution in [2.45, 2.75) is 58.5 Å². The van der Waals surface area contributed by atoms with E-state index >= 15 is 0 Å². The van der Waals surface area contributed by atoms with Crippen LogP contribution in [-0.4, -0.2) is 54.4 Å². The fourth-order valence-corrected chi connectivity index (χ4v) is 6.74. The largest absolute Gasteiger partial charge is 0.507 e. The molecule has 0 amide bonds. The number of halogens is 1. The van der Waals surface area contributed by atoms with Crippen molar-refractivity contribution < 1.29 is 19.4 Å². The van der Waals surface area contributed by atoms with Crippen LogP contribution in [0, 0.1) is 22.2 Å². The van der Waals surface area contributed by atoms with Gasteiger partial charge in [0.25, 0.3) is 0 Å². The Kier molecular flexibility index (Phi) is 11.2. The lowest BCUT2D eigenvalue weighted by molar-refractivity contribution is -0.0980. The molecule has 1 aliphatic carbocycles. The number of phenolic OH excluding ortho intramolecular Hbond substituents is 1. The second-order valence-corrected chi connectivity index (χ2v) is 11.8. The molecule has 2 fully saturated rings. The predicted molar refractivity (Wildman–Crippen MR) is 162 cm³/mol. The first kappa shape index (κ1) is 33.5. The molecular weight excluding hydrogens is 523 g/mol. The number of benzene rings is 2. The number of piperidine rings is 1. The maximum absolute atomic E-state index is 14.1. The number of pyridine rings is 1. The Morgan fingerprint density at radius 2 is 1.59 bits per heavy atom. The van der Waals surface area contributed by atoms with Gasteiger partial charge in [-0.3, -0.25) is 4.79 Å². The van der Waals surface area contributed by atoms with E-state index in [-0.39, 0.29) is 17.9 Å². The van der Waals surface area contributed by atoms with E-state index in [4.69, 9.17) is 15.2 Å². The lowest BCUT2D eigenvalue weighted by atomic mass is 9.46. The number of nitrogens with one attached hydrogen (secondary N) is 1. The average Bonchev–Trinajstić information content (AvgIpc) is 2.95. The number of aromatic nitrogens is 1. The monoisotopic (exact) mass is 566 g/mol. The smallest absolute Gasteiger partial charge is 0.248 e. The van der Waals surface area contributed by atoms with Crippen molar-refractivity contribution in [3.8, 4) is 11.8 Å². The van der Waals surface area contributed by atoms with Gasteiger partial charge in [0.2, 0.25) is 5.56 Å². The van der Waals surface area contributed by atoms with E-state index in [2.05, 4.69) is 67.6 Å². The minimum absolute atomic E-state index is 0.0512. The van der Waals surface area contributed by atoms with E-state index in [1.165, 1.54) is 49.0 Å². The number of anilines is 1. The Labute approximate surface area is 241 Å². The number of H-pyrrole nitrogens is 1. The molecule has 1 aliphatic heterocycles. The standard InChI is InChI=1S/C20H30FNO.C10H6N2O2.CH5N.CH2O/c1-18(2)13-19(3,4)17(18)15-5-7-16(8-6-15)22-11-9-20(21,14-23)10-12-22;11-5-6-1-3-8(13)7-2-4-9(14)12-10(6)7;2*1-2/h5-8,17,23H,9-14H2,1-4H3;1-4,13H,(H,12,14);2H2,1H3;1H2. The molecule has 2 heterocycles. The van der Waals surface area contributed by atoms with Crippen molar-refractivity contribution in [2.24, 2.45) is 16.6 Å². The summed E-state index contributed by atoms with van der Waals surface area (Å²) in [5.41, 5.74) is 6.87. The van der Waals surface area contributed by atoms with Crippen molar-refractivity contribution in [3.05, 3.63) is 70.0 Å². The summed E-state index contributed by atoms with van der Waals surface area (Å²) in [7, 11) is 1.50. The lowest BCUT2D eigenvalue weighted by Crippen LogP contribution is -2.48. The van der Waals surface area contributed by atoms with E-state index in [9.17, 15) is 14.3 Å². The van der Waals surface area contributed by atoms with Crippen LogP contribution >= 0.6 is 0 Å². The highest BCUT2D eigenvalue weighted by Gasteiger charge is 2.53. The molecule has 1 saturated carbocycles. The van der Waals surface area contributed by atoms with E-state index in [1.54, 1.807) is 0 Å². The third kappa shape index (κ3) is 7.51. The van der Waals surface area contributed by atoms with Crippen molar-refractivity contribution >= 4 is 23.4 Å². The Bertz CT molecular complexity index is 1370. The molecule has 0 spiro atoms. The fourth-order valence-electron chi connectivity index (χ4n) is 6.74. The molecule has 222 valence electrons. The number of phenols is 1. The Hall–Kier alpha value is -3.74. The number of nitrogens with zero attached hydrogens (tertiary/aromatic N) is 2. The second kappa shape index (κ2) is 13.7.